The highest BCUT2D eigenvalue weighted by Gasteiger charge is 2.57. The van der Waals surface area contributed by atoms with E-state index in [0.29, 0.717) is 17.5 Å². The third-order valence-corrected chi connectivity index (χ3v) is 6.86. The fourth-order valence-corrected chi connectivity index (χ4v) is 4.75. The van der Waals surface area contributed by atoms with Crippen LogP contribution in [0.2, 0.25) is 0 Å². The maximum absolute atomic E-state index is 13.3. The average Bonchev–Trinajstić information content (AvgIpc) is 3.01. The van der Waals surface area contributed by atoms with Crippen molar-refractivity contribution in [1.82, 2.24) is 10.9 Å². The van der Waals surface area contributed by atoms with Crippen molar-refractivity contribution in [3.05, 3.63) is 68.6 Å². The molecule has 0 unspecified atom stereocenters. The number of rotatable bonds is 6. The highest BCUT2D eigenvalue weighted by atomic mass is 79.9. The number of nitrogens with one attached hydrogen (secondary N) is 2. The molecule has 0 aliphatic carbocycles. The van der Waals surface area contributed by atoms with E-state index in [-0.39, 0.29) is 5.78 Å². The second-order valence-corrected chi connectivity index (χ2v) is 10.2. The van der Waals surface area contributed by atoms with Crippen LogP contribution in [0.1, 0.15) is 47.9 Å². The zero-order valence-electron chi connectivity index (χ0n) is 18.4. The molecule has 0 radical (unpaired) electrons. The minimum atomic E-state index is -1.24. The summed E-state index contributed by atoms with van der Waals surface area (Å²) in [5.74, 6) is -4.73. The second-order valence-electron chi connectivity index (χ2n) is 8.36. The van der Waals surface area contributed by atoms with Gasteiger partial charge in [0.2, 0.25) is 0 Å². The summed E-state index contributed by atoms with van der Waals surface area (Å²) in [6, 6.07) is 13.5. The van der Waals surface area contributed by atoms with Gasteiger partial charge in [-0.15, -0.1) is 0 Å². The molecule has 174 valence electrons. The first-order chi connectivity index (χ1) is 15.5. The molecule has 9 heteroatoms. The Kier molecular flexibility index (Phi) is 7.74. The third-order valence-electron chi connectivity index (χ3n) is 5.81. The van der Waals surface area contributed by atoms with Crippen molar-refractivity contribution in [3.63, 3.8) is 0 Å². The van der Waals surface area contributed by atoms with E-state index in [4.69, 9.17) is 4.74 Å². The highest BCUT2D eigenvalue weighted by molar-refractivity contribution is 9.10. The normalized spacial score (nSPS) is 20.0. The topological polar surface area (TPSA) is 102 Å². The van der Waals surface area contributed by atoms with Gasteiger partial charge in [0.25, 0.3) is 11.8 Å². The maximum atomic E-state index is 13.3. The standard InChI is InChI=1S/C24H24Br2N2O5/c1-4-17(20(29)13-5-9-15(25)10-6-13)19-18(23(32)33-24(19,2)3)22(31)28-27-21(30)14-7-11-16(26)12-8-14/h5-12,17-19H,4H2,1-3H3,(H,27,30)(H,28,31)/t17-,18+,19+/m0/s1. The quantitative estimate of drug-likeness (QED) is 0.228. The van der Waals surface area contributed by atoms with E-state index >= 15 is 0 Å². The molecule has 2 N–H and O–H groups in total. The summed E-state index contributed by atoms with van der Waals surface area (Å²) in [6.45, 7) is 5.23. The van der Waals surface area contributed by atoms with Crippen LogP contribution in [0.5, 0.6) is 0 Å². The van der Waals surface area contributed by atoms with Crippen LogP contribution in [0.25, 0.3) is 0 Å². The number of benzene rings is 2. The van der Waals surface area contributed by atoms with Crippen molar-refractivity contribution in [2.45, 2.75) is 32.8 Å². The van der Waals surface area contributed by atoms with Gasteiger partial charge in [0.15, 0.2) is 5.78 Å². The fourth-order valence-electron chi connectivity index (χ4n) is 4.23. The van der Waals surface area contributed by atoms with Crippen LogP contribution in [0, 0.1) is 17.8 Å². The van der Waals surface area contributed by atoms with Gasteiger partial charge in [0.1, 0.15) is 11.5 Å². The molecule has 2 amide bonds. The van der Waals surface area contributed by atoms with Gasteiger partial charge in [-0.3, -0.25) is 30.0 Å². The van der Waals surface area contributed by atoms with Crippen LogP contribution in [0.3, 0.4) is 0 Å². The van der Waals surface area contributed by atoms with E-state index in [9.17, 15) is 19.2 Å². The molecule has 1 fully saturated rings. The molecule has 0 bridgehead atoms. The molecule has 7 nitrogen and oxygen atoms in total. The molecule has 2 aromatic carbocycles. The average molecular weight is 580 g/mol. The molecule has 0 saturated carbocycles. The van der Waals surface area contributed by atoms with Crippen LogP contribution >= 0.6 is 31.9 Å². The molecule has 1 saturated heterocycles. The Labute approximate surface area is 208 Å². The highest BCUT2D eigenvalue weighted by Crippen LogP contribution is 2.44. The predicted octanol–water partition coefficient (Wildman–Crippen LogP) is 4.45. The van der Waals surface area contributed by atoms with Gasteiger partial charge in [-0.2, -0.15) is 0 Å². The van der Waals surface area contributed by atoms with Gasteiger partial charge >= 0.3 is 5.97 Å². The summed E-state index contributed by atoms with van der Waals surface area (Å²) in [5, 5.41) is 0. The molecule has 1 heterocycles. The molecule has 2 aromatic rings. The molecular weight excluding hydrogens is 556 g/mol. The van der Waals surface area contributed by atoms with Crippen molar-refractivity contribution < 1.29 is 23.9 Å². The molecule has 1 aliphatic heterocycles. The van der Waals surface area contributed by atoms with Gasteiger partial charge < -0.3 is 4.74 Å². The number of hydrogen-bond acceptors (Lipinski definition) is 5. The first kappa shape index (κ1) is 25.1. The lowest BCUT2D eigenvalue weighted by atomic mass is 9.70. The summed E-state index contributed by atoms with van der Waals surface area (Å²) in [7, 11) is 0. The summed E-state index contributed by atoms with van der Waals surface area (Å²) in [5.41, 5.74) is 4.45. The molecule has 0 aromatic heterocycles. The number of halogens is 2. The zero-order valence-corrected chi connectivity index (χ0v) is 21.5. The Morgan fingerprint density at radius 3 is 1.97 bits per heavy atom. The molecule has 33 heavy (non-hydrogen) atoms. The number of cyclic esters (lactones) is 1. The van der Waals surface area contributed by atoms with Gasteiger partial charge in [0, 0.05) is 31.9 Å². The molecule has 3 atom stereocenters. The minimum absolute atomic E-state index is 0.168. The van der Waals surface area contributed by atoms with Crippen LogP contribution in [0.15, 0.2) is 57.5 Å². The van der Waals surface area contributed by atoms with Crippen molar-refractivity contribution in [2.75, 3.05) is 0 Å². The fraction of sp³-hybridized carbons (Fsp3) is 0.333. The summed E-state index contributed by atoms with van der Waals surface area (Å²) in [6.07, 6.45) is 0.411. The number of ketones is 1. The number of hydrazine groups is 1. The lowest BCUT2D eigenvalue weighted by Crippen LogP contribution is -2.49. The van der Waals surface area contributed by atoms with Crippen LogP contribution in [-0.2, 0) is 14.3 Å². The maximum Gasteiger partial charge on any atom is 0.319 e. The number of amides is 2. The van der Waals surface area contributed by atoms with E-state index in [2.05, 4.69) is 42.7 Å². The Balaban J connectivity index is 1.81. The lowest BCUT2D eigenvalue weighted by molar-refractivity contribution is -0.150. The summed E-state index contributed by atoms with van der Waals surface area (Å²) in [4.78, 5) is 51.4. The number of Topliss-reactive ketones (excluding diaryl/α,β-unsaturated/α-hetero) is 1. The van der Waals surface area contributed by atoms with E-state index in [0.717, 1.165) is 8.95 Å². The van der Waals surface area contributed by atoms with Gasteiger partial charge in [-0.1, -0.05) is 50.9 Å². The van der Waals surface area contributed by atoms with Crippen molar-refractivity contribution >= 4 is 55.4 Å². The number of esters is 1. The van der Waals surface area contributed by atoms with Crippen LogP contribution < -0.4 is 10.9 Å². The van der Waals surface area contributed by atoms with E-state index in [1.807, 2.05) is 6.92 Å². The molecule has 3 rings (SSSR count). The number of carbonyl (C=O) groups is 4. The van der Waals surface area contributed by atoms with Gasteiger partial charge in [-0.05, 0) is 56.7 Å². The van der Waals surface area contributed by atoms with Crippen molar-refractivity contribution in [2.24, 2.45) is 17.8 Å². The SMILES string of the molecule is CC[C@H](C(=O)c1ccc(Br)cc1)[C@@H]1[C@H](C(=O)NNC(=O)c2ccc(Br)cc2)C(=O)OC1(C)C. The third kappa shape index (κ3) is 5.52. The Morgan fingerprint density at radius 1 is 0.939 bits per heavy atom. The van der Waals surface area contributed by atoms with E-state index < -0.39 is 41.1 Å². The number of ether oxygens (including phenoxy) is 1. The van der Waals surface area contributed by atoms with Crippen molar-refractivity contribution in [3.8, 4) is 0 Å². The van der Waals surface area contributed by atoms with Crippen LogP contribution in [0.4, 0.5) is 0 Å². The monoisotopic (exact) mass is 578 g/mol. The minimum Gasteiger partial charge on any atom is -0.459 e. The first-order valence-corrected chi connectivity index (χ1v) is 12.0. The second kappa shape index (κ2) is 10.2. The van der Waals surface area contributed by atoms with E-state index in [1.54, 1.807) is 62.4 Å². The smallest absolute Gasteiger partial charge is 0.319 e. The van der Waals surface area contributed by atoms with Crippen LogP contribution in [-0.4, -0.2) is 29.2 Å². The van der Waals surface area contributed by atoms with Crippen molar-refractivity contribution in [1.29, 1.82) is 0 Å². The number of hydrogen-bond donors (Lipinski definition) is 2. The zero-order chi connectivity index (χ0) is 24.3. The first-order valence-electron chi connectivity index (χ1n) is 10.4. The molecular formula is C24H24Br2N2O5. The lowest BCUT2D eigenvalue weighted by Gasteiger charge is -2.32. The Bertz CT molecular complexity index is 1070. The summed E-state index contributed by atoms with van der Waals surface area (Å²) < 4.78 is 7.16. The van der Waals surface area contributed by atoms with Gasteiger partial charge in [-0.25, -0.2) is 0 Å². The Hall–Kier alpha value is -2.52. The summed E-state index contributed by atoms with van der Waals surface area (Å²) >= 11 is 6.65. The molecule has 0 spiro atoms. The Morgan fingerprint density at radius 2 is 1.45 bits per heavy atom. The largest absolute Gasteiger partial charge is 0.459 e. The predicted molar refractivity (Wildman–Crippen MR) is 129 cm³/mol. The van der Waals surface area contributed by atoms with E-state index in [1.165, 1.54) is 0 Å². The van der Waals surface area contributed by atoms with Gasteiger partial charge in [0.05, 0.1) is 0 Å². The number of carbonyl (C=O) groups excluding carboxylic acids is 4. The molecule has 1 aliphatic rings.